The molecule has 1 aromatic carbocycles. The Morgan fingerprint density at radius 2 is 1.95 bits per heavy atom. The molecule has 0 radical (unpaired) electrons. The largest absolute Gasteiger partial charge is 0.495 e. The van der Waals surface area contributed by atoms with E-state index in [2.05, 4.69) is 41.2 Å². The van der Waals surface area contributed by atoms with Gasteiger partial charge in [0.05, 0.1) is 14.2 Å². The van der Waals surface area contributed by atoms with Crippen LogP contribution in [0.2, 0.25) is 0 Å². The Morgan fingerprint density at radius 1 is 1.24 bits per heavy atom. The van der Waals surface area contributed by atoms with Crippen LogP contribution in [-0.2, 0) is 6.42 Å². The van der Waals surface area contributed by atoms with Crippen LogP contribution in [0.3, 0.4) is 0 Å². The van der Waals surface area contributed by atoms with Crippen LogP contribution in [0, 0.1) is 5.41 Å². The van der Waals surface area contributed by atoms with E-state index < -0.39 is 0 Å². The highest BCUT2D eigenvalue weighted by Gasteiger charge is 2.25. The fourth-order valence-corrected chi connectivity index (χ4v) is 3.13. The molecule has 1 fully saturated rings. The zero-order chi connectivity index (χ0) is 15.5. The molecule has 3 nitrogen and oxygen atoms in total. The molecule has 0 heterocycles. The molecule has 1 aliphatic rings. The van der Waals surface area contributed by atoms with Crippen molar-refractivity contribution in [3.05, 3.63) is 22.2 Å². The molecule has 0 spiro atoms. The molecule has 1 aliphatic carbocycles. The Hall–Kier alpha value is -0.740. The number of hydrogen-bond donors (Lipinski definition) is 1. The molecule has 0 aliphatic heterocycles. The Kier molecular flexibility index (Phi) is 5.55. The van der Waals surface area contributed by atoms with E-state index in [0.29, 0.717) is 5.41 Å². The number of rotatable bonds is 8. The molecule has 0 saturated heterocycles. The van der Waals surface area contributed by atoms with Crippen LogP contribution < -0.4 is 14.8 Å². The third kappa shape index (κ3) is 4.62. The second kappa shape index (κ2) is 7.01. The van der Waals surface area contributed by atoms with Crippen molar-refractivity contribution in [3.8, 4) is 11.5 Å². The van der Waals surface area contributed by atoms with E-state index in [1.807, 2.05) is 6.07 Å². The molecule has 1 aromatic rings. The number of nitrogens with one attached hydrogen (secondary N) is 1. The summed E-state index contributed by atoms with van der Waals surface area (Å²) in [7, 11) is 3.38. The first-order chi connectivity index (χ1) is 9.96. The van der Waals surface area contributed by atoms with Crippen molar-refractivity contribution in [2.45, 2.75) is 45.6 Å². The number of aryl methyl sites for hydroxylation is 1. The van der Waals surface area contributed by atoms with Gasteiger partial charge in [-0.25, -0.2) is 0 Å². The highest BCUT2D eigenvalue weighted by atomic mass is 79.9. The monoisotopic (exact) mass is 355 g/mol. The minimum Gasteiger partial charge on any atom is -0.495 e. The van der Waals surface area contributed by atoms with Crippen LogP contribution >= 0.6 is 15.9 Å². The van der Waals surface area contributed by atoms with Crippen LogP contribution in [0.5, 0.6) is 11.5 Å². The van der Waals surface area contributed by atoms with E-state index in [9.17, 15) is 0 Å². The minimum absolute atomic E-state index is 0.292. The molecule has 2 rings (SSSR count). The van der Waals surface area contributed by atoms with E-state index in [1.165, 1.54) is 18.4 Å². The van der Waals surface area contributed by atoms with Crippen molar-refractivity contribution < 1.29 is 9.47 Å². The van der Waals surface area contributed by atoms with Crippen LogP contribution in [0.15, 0.2) is 16.6 Å². The first kappa shape index (κ1) is 16.6. The normalized spacial score (nSPS) is 15.1. The second-order valence-corrected chi connectivity index (χ2v) is 7.39. The lowest BCUT2D eigenvalue weighted by atomic mass is 9.86. The predicted octanol–water partition coefficient (Wildman–Crippen LogP) is 4.18. The summed E-state index contributed by atoms with van der Waals surface area (Å²) >= 11 is 3.57. The van der Waals surface area contributed by atoms with Gasteiger partial charge in [-0.1, -0.05) is 19.9 Å². The average molecular weight is 356 g/mol. The first-order valence-electron chi connectivity index (χ1n) is 7.59. The summed E-state index contributed by atoms with van der Waals surface area (Å²) in [5, 5.41) is 3.63. The molecular weight excluding hydrogens is 330 g/mol. The topological polar surface area (TPSA) is 30.5 Å². The predicted molar refractivity (Wildman–Crippen MR) is 90.4 cm³/mol. The van der Waals surface area contributed by atoms with E-state index in [4.69, 9.17) is 9.47 Å². The molecular formula is C17H26BrNO2. The highest BCUT2D eigenvalue weighted by Crippen LogP contribution is 2.38. The molecule has 118 valence electrons. The fourth-order valence-electron chi connectivity index (χ4n) is 2.42. The third-order valence-corrected chi connectivity index (χ3v) is 4.84. The summed E-state index contributed by atoms with van der Waals surface area (Å²) in [6.45, 7) is 5.73. The van der Waals surface area contributed by atoms with Gasteiger partial charge in [0.1, 0.15) is 16.0 Å². The molecule has 0 bridgehead atoms. The zero-order valence-electron chi connectivity index (χ0n) is 13.5. The zero-order valence-corrected chi connectivity index (χ0v) is 15.0. The molecule has 0 unspecified atom stereocenters. The van der Waals surface area contributed by atoms with Gasteiger partial charge < -0.3 is 14.8 Å². The van der Waals surface area contributed by atoms with Crippen LogP contribution in [0.1, 0.15) is 38.7 Å². The summed E-state index contributed by atoms with van der Waals surface area (Å²) in [5.74, 6) is 1.70. The lowest BCUT2D eigenvalue weighted by Gasteiger charge is -2.26. The van der Waals surface area contributed by atoms with Crippen molar-refractivity contribution in [2.75, 3.05) is 20.8 Å². The maximum Gasteiger partial charge on any atom is 0.139 e. The molecule has 0 amide bonds. The molecule has 0 aromatic heterocycles. The van der Waals surface area contributed by atoms with Gasteiger partial charge in [-0.3, -0.25) is 0 Å². The van der Waals surface area contributed by atoms with Crippen molar-refractivity contribution >= 4 is 15.9 Å². The third-order valence-electron chi connectivity index (χ3n) is 4.09. The lowest BCUT2D eigenvalue weighted by Crippen LogP contribution is -2.31. The smallest absolute Gasteiger partial charge is 0.139 e. The molecule has 4 heteroatoms. The van der Waals surface area contributed by atoms with Crippen LogP contribution in [0.25, 0.3) is 0 Å². The number of ether oxygens (including phenoxy) is 2. The minimum atomic E-state index is 0.292. The summed E-state index contributed by atoms with van der Waals surface area (Å²) in [4.78, 5) is 0. The number of methoxy groups -OCH3 is 2. The van der Waals surface area contributed by atoms with Gasteiger partial charge in [-0.2, -0.15) is 0 Å². The van der Waals surface area contributed by atoms with Crippen LogP contribution in [0.4, 0.5) is 0 Å². The summed E-state index contributed by atoms with van der Waals surface area (Å²) in [5.41, 5.74) is 1.52. The van der Waals surface area contributed by atoms with E-state index in [-0.39, 0.29) is 0 Å². The molecule has 1 saturated carbocycles. The Morgan fingerprint density at radius 3 is 2.52 bits per heavy atom. The fraction of sp³-hybridized carbons (Fsp3) is 0.647. The van der Waals surface area contributed by atoms with Gasteiger partial charge in [0.15, 0.2) is 0 Å². The van der Waals surface area contributed by atoms with Gasteiger partial charge in [0.25, 0.3) is 0 Å². The quantitative estimate of drug-likeness (QED) is 0.758. The van der Waals surface area contributed by atoms with Gasteiger partial charge in [-0.15, -0.1) is 0 Å². The van der Waals surface area contributed by atoms with Crippen molar-refractivity contribution in [2.24, 2.45) is 5.41 Å². The summed E-state index contributed by atoms with van der Waals surface area (Å²) in [6.07, 6.45) is 4.82. The van der Waals surface area contributed by atoms with E-state index >= 15 is 0 Å². The first-order valence-corrected chi connectivity index (χ1v) is 8.39. The maximum absolute atomic E-state index is 5.55. The Bertz CT molecular complexity index is 484. The molecule has 1 N–H and O–H groups in total. The van der Waals surface area contributed by atoms with E-state index in [0.717, 1.165) is 41.4 Å². The van der Waals surface area contributed by atoms with Crippen LogP contribution in [-0.4, -0.2) is 26.8 Å². The van der Waals surface area contributed by atoms with Crippen molar-refractivity contribution in [3.63, 3.8) is 0 Å². The van der Waals surface area contributed by atoms with Crippen molar-refractivity contribution in [1.82, 2.24) is 5.32 Å². The Labute approximate surface area is 136 Å². The lowest BCUT2D eigenvalue weighted by molar-refractivity contribution is 0.310. The standard InChI is InChI=1S/C17H26BrNO2/c1-17(2,11-19-13-6-7-13)10-9-12-5-8-14(20-3)15(18)16(12)21-4/h5,8,13,19H,6-7,9-11H2,1-4H3. The Balaban J connectivity index is 1.99. The number of halogens is 1. The highest BCUT2D eigenvalue weighted by molar-refractivity contribution is 9.10. The number of hydrogen-bond acceptors (Lipinski definition) is 3. The van der Waals surface area contributed by atoms with E-state index in [1.54, 1.807) is 14.2 Å². The van der Waals surface area contributed by atoms with Gasteiger partial charge >= 0.3 is 0 Å². The van der Waals surface area contributed by atoms with Gasteiger partial charge in [0, 0.05) is 12.6 Å². The van der Waals surface area contributed by atoms with Crippen molar-refractivity contribution in [1.29, 1.82) is 0 Å². The van der Waals surface area contributed by atoms with Gasteiger partial charge in [0.2, 0.25) is 0 Å². The summed E-state index contributed by atoms with van der Waals surface area (Å²) in [6, 6.07) is 4.87. The molecule has 0 atom stereocenters. The average Bonchev–Trinajstić information content (AvgIpc) is 3.27. The number of benzene rings is 1. The summed E-state index contributed by atoms with van der Waals surface area (Å²) < 4.78 is 11.8. The van der Waals surface area contributed by atoms with Gasteiger partial charge in [-0.05, 0) is 58.7 Å². The second-order valence-electron chi connectivity index (χ2n) is 6.59. The maximum atomic E-state index is 5.55. The molecule has 21 heavy (non-hydrogen) atoms. The SMILES string of the molecule is COc1ccc(CCC(C)(C)CNC2CC2)c(OC)c1Br.